The summed E-state index contributed by atoms with van der Waals surface area (Å²) in [7, 11) is 1.95. The molecule has 1 aliphatic rings. The van der Waals surface area contributed by atoms with E-state index in [1.807, 2.05) is 25.2 Å². The van der Waals surface area contributed by atoms with E-state index in [2.05, 4.69) is 39.1 Å². The van der Waals surface area contributed by atoms with Crippen LogP contribution in [0.3, 0.4) is 0 Å². The highest BCUT2D eigenvalue weighted by Crippen LogP contribution is 2.28. The summed E-state index contributed by atoms with van der Waals surface area (Å²) in [5, 5.41) is 3.19. The van der Waals surface area contributed by atoms with Crippen LogP contribution in [-0.2, 0) is 4.79 Å². The standard InChI is InChI=1S/C16H23BrN2O/c1-12(14-7-3-4-8-15(14)17)10-16(20)19-9-5-6-13(19)11-18-2/h3-4,7-8,12-13,18H,5-6,9-11H2,1-2H3/t12-,13+/m1/s1. The zero-order chi connectivity index (χ0) is 14.5. The third kappa shape index (κ3) is 3.61. The van der Waals surface area contributed by atoms with Crippen molar-refractivity contribution >= 4 is 21.8 Å². The number of carbonyl (C=O) groups excluding carboxylic acids is 1. The lowest BCUT2D eigenvalue weighted by molar-refractivity contribution is -0.132. The van der Waals surface area contributed by atoms with Crippen LogP contribution in [0.4, 0.5) is 0 Å². The Labute approximate surface area is 129 Å². The van der Waals surface area contributed by atoms with Gasteiger partial charge in [0.1, 0.15) is 0 Å². The third-order valence-electron chi connectivity index (χ3n) is 4.05. The number of likely N-dealkylation sites (N-methyl/N-ethyl adjacent to an activating group) is 1. The van der Waals surface area contributed by atoms with Crippen molar-refractivity contribution in [1.82, 2.24) is 10.2 Å². The molecule has 0 aromatic heterocycles. The van der Waals surface area contributed by atoms with Crippen LogP contribution in [0.5, 0.6) is 0 Å². The molecule has 1 fully saturated rings. The summed E-state index contributed by atoms with van der Waals surface area (Å²) >= 11 is 3.57. The number of carbonyl (C=O) groups is 1. The lowest BCUT2D eigenvalue weighted by Gasteiger charge is -2.26. The molecule has 1 heterocycles. The predicted octanol–water partition coefficient (Wildman–Crippen LogP) is 3.15. The monoisotopic (exact) mass is 338 g/mol. The largest absolute Gasteiger partial charge is 0.338 e. The van der Waals surface area contributed by atoms with E-state index in [4.69, 9.17) is 0 Å². The molecule has 0 radical (unpaired) electrons. The van der Waals surface area contributed by atoms with Crippen LogP contribution in [0.2, 0.25) is 0 Å². The van der Waals surface area contributed by atoms with E-state index in [1.54, 1.807) is 0 Å². The summed E-state index contributed by atoms with van der Waals surface area (Å²) in [6, 6.07) is 8.54. The van der Waals surface area contributed by atoms with Crippen LogP contribution >= 0.6 is 15.9 Å². The van der Waals surface area contributed by atoms with Gasteiger partial charge in [-0.2, -0.15) is 0 Å². The molecule has 3 nitrogen and oxygen atoms in total. The zero-order valence-corrected chi connectivity index (χ0v) is 13.8. The van der Waals surface area contributed by atoms with E-state index < -0.39 is 0 Å². The number of amides is 1. The van der Waals surface area contributed by atoms with Gasteiger partial charge >= 0.3 is 0 Å². The third-order valence-corrected chi connectivity index (χ3v) is 4.78. The maximum absolute atomic E-state index is 12.5. The van der Waals surface area contributed by atoms with Crippen molar-refractivity contribution in [3.63, 3.8) is 0 Å². The van der Waals surface area contributed by atoms with Crippen molar-refractivity contribution in [2.75, 3.05) is 20.1 Å². The summed E-state index contributed by atoms with van der Waals surface area (Å²) in [6.45, 7) is 3.93. The average Bonchev–Trinajstić information content (AvgIpc) is 2.88. The first kappa shape index (κ1) is 15.5. The number of benzene rings is 1. The Bertz CT molecular complexity index is 464. The van der Waals surface area contributed by atoms with Crippen LogP contribution in [0, 0.1) is 0 Å². The van der Waals surface area contributed by atoms with Gasteiger partial charge in [-0.3, -0.25) is 4.79 Å². The van der Waals surface area contributed by atoms with E-state index in [0.717, 1.165) is 30.4 Å². The van der Waals surface area contributed by atoms with Gasteiger partial charge in [0.25, 0.3) is 0 Å². The second kappa shape index (κ2) is 7.23. The van der Waals surface area contributed by atoms with Gasteiger partial charge in [0, 0.05) is 30.0 Å². The molecule has 20 heavy (non-hydrogen) atoms. The van der Waals surface area contributed by atoms with E-state index in [1.165, 1.54) is 5.56 Å². The lowest BCUT2D eigenvalue weighted by Crippen LogP contribution is -2.41. The van der Waals surface area contributed by atoms with Crippen LogP contribution < -0.4 is 5.32 Å². The average molecular weight is 339 g/mol. The molecule has 1 N–H and O–H groups in total. The molecule has 0 bridgehead atoms. The van der Waals surface area contributed by atoms with E-state index >= 15 is 0 Å². The lowest BCUT2D eigenvalue weighted by atomic mass is 9.97. The van der Waals surface area contributed by atoms with Crippen LogP contribution in [0.1, 0.15) is 37.7 Å². The Balaban J connectivity index is 1.99. The molecule has 1 aliphatic heterocycles. The molecule has 110 valence electrons. The minimum absolute atomic E-state index is 0.244. The zero-order valence-electron chi connectivity index (χ0n) is 12.2. The molecule has 1 saturated heterocycles. The number of likely N-dealkylation sites (tertiary alicyclic amines) is 1. The highest BCUT2D eigenvalue weighted by molar-refractivity contribution is 9.10. The van der Waals surface area contributed by atoms with Crippen molar-refractivity contribution in [3.8, 4) is 0 Å². The van der Waals surface area contributed by atoms with Crippen LogP contribution in [0.15, 0.2) is 28.7 Å². The molecule has 2 atom stereocenters. The van der Waals surface area contributed by atoms with Gasteiger partial charge in [-0.25, -0.2) is 0 Å². The number of halogens is 1. The first-order valence-corrected chi connectivity index (χ1v) is 8.11. The molecule has 1 amide bonds. The summed E-state index contributed by atoms with van der Waals surface area (Å²) in [5.41, 5.74) is 1.21. The predicted molar refractivity (Wildman–Crippen MR) is 85.8 cm³/mol. The first-order chi connectivity index (χ1) is 9.63. The number of nitrogens with one attached hydrogen (secondary N) is 1. The van der Waals surface area contributed by atoms with E-state index in [9.17, 15) is 4.79 Å². The summed E-state index contributed by atoms with van der Waals surface area (Å²) < 4.78 is 1.09. The quantitative estimate of drug-likeness (QED) is 0.894. The maximum atomic E-state index is 12.5. The molecule has 0 saturated carbocycles. The van der Waals surface area contributed by atoms with Crippen molar-refractivity contribution in [2.45, 2.75) is 38.1 Å². The van der Waals surface area contributed by atoms with Gasteiger partial charge in [0.05, 0.1) is 0 Å². The second-order valence-electron chi connectivity index (χ2n) is 5.57. The van der Waals surface area contributed by atoms with Crippen LogP contribution in [0.25, 0.3) is 0 Å². The molecule has 2 rings (SSSR count). The van der Waals surface area contributed by atoms with Crippen molar-refractivity contribution in [1.29, 1.82) is 0 Å². The van der Waals surface area contributed by atoms with Gasteiger partial charge in [0.2, 0.25) is 5.91 Å². The Morgan fingerprint density at radius 3 is 2.95 bits per heavy atom. The van der Waals surface area contributed by atoms with Gasteiger partial charge in [0.15, 0.2) is 0 Å². The fraction of sp³-hybridized carbons (Fsp3) is 0.562. The molecule has 1 aromatic carbocycles. The molecule has 4 heteroatoms. The fourth-order valence-electron chi connectivity index (χ4n) is 2.98. The van der Waals surface area contributed by atoms with E-state index in [0.29, 0.717) is 12.5 Å². The topological polar surface area (TPSA) is 32.3 Å². The number of rotatable bonds is 5. The number of hydrogen-bond acceptors (Lipinski definition) is 2. The SMILES string of the molecule is CNC[C@@H]1CCCN1C(=O)C[C@@H](C)c1ccccc1Br. The Kier molecular flexibility index (Phi) is 5.61. The summed E-state index contributed by atoms with van der Waals surface area (Å²) in [4.78, 5) is 14.6. The van der Waals surface area contributed by atoms with Gasteiger partial charge in [-0.1, -0.05) is 41.1 Å². The van der Waals surface area contributed by atoms with Crippen molar-refractivity contribution in [2.24, 2.45) is 0 Å². The molecular formula is C16H23BrN2O. The Morgan fingerprint density at radius 1 is 1.50 bits per heavy atom. The summed E-state index contributed by atoms with van der Waals surface area (Å²) in [6.07, 6.45) is 2.83. The van der Waals surface area contributed by atoms with Crippen LogP contribution in [-0.4, -0.2) is 37.0 Å². The van der Waals surface area contributed by atoms with Crippen molar-refractivity contribution < 1.29 is 4.79 Å². The van der Waals surface area contributed by atoms with E-state index in [-0.39, 0.29) is 11.8 Å². The molecule has 0 spiro atoms. The smallest absolute Gasteiger partial charge is 0.223 e. The molecule has 0 aliphatic carbocycles. The normalized spacial score (nSPS) is 20.1. The van der Waals surface area contributed by atoms with Crippen molar-refractivity contribution in [3.05, 3.63) is 34.3 Å². The van der Waals surface area contributed by atoms with Gasteiger partial charge in [-0.05, 0) is 37.4 Å². The highest BCUT2D eigenvalue weighted by atomic mass is 79.9. The second-order valence-corrected chi connectivity index (χ2v) is 6.42. The minimum Gasteiger partial charge on any atom is -0.338 e. The number of nitrogens with zero attached hydrogens (tertiary/aromatic N) is 1. The first-order valence-electron chi connectivity index (χ1n) is 7.32. The molecule has 1 aromatic rings. The van der Waals surface area contributed by atoms with Gasteiger partial charge in [-0.15, -0.1) is 0 Å². The molecule has 0 unspecified atom stereocenters. The maximum Gasteiger partial charge on any atom is 0.223 e. The fourth-order valence-corrected chi connectivity index (χ4v) is 3.65. The highest BCUT2D eigenvalue weighted by Gasteiger charge is 2.29. The van der Waals surface area contributed by atoms with Gasteiger partial charge < -0.3 is 10.2 Å². The summed E-state index contributed by atoms with van der Waals surface area (Å²) in [5.74, 6) is 0.528. The molecular weight excluding hydrogens is 316 g/mol. The number of hydrogen-bond donors (Lipinski definition) is 1. The Morgan fingerprint density at radius 2 is 2.25 bits per heavy atom. The minimum atomic E-state index is 0.244. The Hall–Kier alpha value is -0.870.